The molecule has 160 valence electrons. The Hall–Kier alpha value is -3.36. The molecule has 0 heterocycles. The zero-order valence-electron chi connectivity index (χ0n) is 16.6. The van der Waals surface area contributed by atoms with Crippen molar-refractivity contribution < 1.29 is 18.0 Å². The number of rotatable bonds is 7. The van der Waals surface area contributed by atoms with E-state index in [0.29, 0.717) is 27.6 Å². The van der Waals surface area contributed by atoms with E-state index >= 15 is 0 Å². The van der Waals surface area contributed by atoms with E-state index in [1.807, 2.05) is 0 Å². The highest BCUT2D eigenvalue weighted by Gasteiger charge is 2.13. The van der Waals surface area contributed by atoms with Gasteiger partial charge in [-0.2, -0.15) is 0 Å². The van der Waals surface area contributed by atoms with Gasteiger partial charge in [0.1, 0.15) is 0 Å². The molecule has 3 aromatic carbocycles. The zero-order valence-corrected chi connectivity index (χ0v) is 18.1. The van der Waals surface area contributed by atoms with Crippen LogP contribution in [-0.4, -0.2) is 33.0 Å². The lowest BCUT2D eigenvalue weighted by molar-refractivity contribution is -0.114. The van der Waals surface area contributed by atoms with Crippen LogP contribution in [0.15, 0.2) is 77.7 Å². The van der Waals surface area contributed by atoms with Crippen LogP contribution in [0.25, 0.3) is 0 Å². The Bertz CT molecular complexity index is 1190. The summed E-state index contributed by atoms with van der Waals surface area (Å²) < 4.78 is 23.0. The van der Waals surface area contributed by atoms with Crippen LogP contribution in [0.1, 0.15) is 10.4 Å². The molecule has 0 fully saturated rings. The third kappa shape index (κ3) is 6.31. The highest BCUT2D eigenvalue weighted by atomic mass is 35.5. The molecule has 0 aliphatic heterocycles. The Kier molecular flexibility index (Phi) is 6.94. The second-order valence-electron chi connectivity index (χ2n) is 6.70. The van der Waals surface area contributed by atoms with Gasteiger partial charge in [-0.05, 0) is 60.7 Å². The number of benzene rings is 3. The van der Waals surface area contributed by atoms with Crippen molar-refractivity contribution in [3.8, 4) is 0 Å². The maximum atomic E-state index is 12.6. The summed E-state index contributed by atoms with van der Waals surface area (Å²) >= 11 is 5.86. The largest absolute Gasteiger partial charge is 0.376 e. The molecule has 3 rings (SSSR count). The first-order chi connectivity index (χ1) is 14.7. The van der Waals surface area contributed by atoms with E-state index in [-0.39, 0.29) is 23.3 Å². The number of amides is 2. The van der Waals surface area contributed by atoms with E-state index in [1.54, 1.807) is 48.5 Å². The van der Waals surface area contributed by atoms with E-state index in [2.05, 4.69) is 16.0 Å². The second kappa shape index (κ2) is 9.63. The molecule has 0 unspecified atom stereocenters. The number of para-hydroxylation sites is 1. The molecule has 3 aromatic rings. The molecular formula is C22H20ClN3O4S. The average Bonchev–Trinajstić information content (AvgIpc) is 2.74. The van der Waals surface area contributed by atoms with Crippen molar-refractivity contribution in [1.29, 1.82) is 0 Å². The first-order valence-corrected chi connectivity index (χ1v) is 11.5. The summed E-state index contributed by atoms with van der Waals surface area (Å²) in [6.07, 6.45) is 1.12. The van der Waals surface area contributed by atoms with E-state index < -0.39 is 9.84 Å². The van der Waals surface area contributed by atoms with E-state index in [4.69, 9.17) is 11.6 Å². The van der Waals surface area contributed by atoms with E-state index in [0.717, 1.165) is 6.26 Å². The predicted molar refractivity (Wildman–Crippen MR) is 123 cm³/mol. The van der Waals surface area contributed by atoms with Crippen LogP contribution in [0.4, 0.5) is 17.1 Å². The maximum Gasteiger partial charge on any atom is 0.257 e. The topological polar surface area (TPSA) is 104 Å². The lowest BCUT2D eigenvalue weighted by atomic mass is 10.1. The predicted octanol–water partition coefficient (Wildman–Crippen LogP) is 4.05. The highest BCUT2D eigenvalue weighted by molar-refractivity contribution is 7.90. The van der Waals surface area contributed by atoms with E-state index in [1.165, 1.54) is 24.3 Å². The summed E-state index contributed by atoms with van der Waals surface area (Å²) in [5, 5.41) is 8.98. The molecule has 0 saturated carbocycles. The molecule has 0 aromatic heterocycles. The second-order valence-corrected chi connectivity index (χ2v) is 9.16. The van der Waals surface area contributed by atoms with Gasteiger partial charge in [0.25, 0.3) is 5.91 Å². The molecule has 3 N–H and O–H groups in total. The van der Waals surface area contributed by atoms with Gasteiger partial charge in [0.05, 0.1) is 17.0 Å². The van der Waals surface area contributed by atoms with E-state index in [9.17, 15) is 18.0 Å². The lowest BCUT2D eigenvalue weighted by Crippen LogP contribution is -2.23. The molecule has 0 radical (unpaired) electrons. The van der Waals surface area contributed by atoms with Gasteiger partial charge in [-0.25, -0.2) is 8.42 Å². The molecule has 9 heteroatoms. The van der Waals surface area contributed by atoms with Crippen molar-refractivity contribution in [1.82, 2.24) is 0 Å². The van der Waals surface area contributed by atoms with Gasteiger partial charge < -0.3 is 16.0 Å². The Labute approximate surface area is 185 Å². The van der Waals surface area contributed by atoms with Crippen molar-refractivity contribution in [3.63, 3.8) is 0 Å². The molecule has 0 spiro atoms. The van der Waals surface area contributed by atoms with Gasteiger partial charge in [-0.3, -0.25) is 9.59 Å². The number of halogens is 1. The zero-order chi connectivity index (χ0) is 22.4. The highest BCUT2D eigenvalue weighted by Crippen LogP contribution is 2.19. The third-order valence-corrected chi connectivity index (χ3v) is 5.66. The fraction of sp³-hybridized carbons (Fsp3) is 0.0909. The van der Waals surface area contributed by atoms with Crippen LogP contribution in [0.3, 0.4) is 0 Å². The molecule has 2 amide bonds. The molecule has 7 nitrogen and oxygen atoms in total. The van der Waals surface area contributed by atoms with Crippen molar-refractivity contribution in [2.75, 3.05) is 28.8 Å². The minimum Gasteiger partial charge on any atom is -0.376 e. The van der Waals surface area contributed by atoms with Crippen molar-refractivity contribution in [2.45, 2.75) is 4.90 Å². The smallest absolute Gasteiger partial charge is 0.257 e. The maximum absolute atomic E-state index is 12.6. The minimum atomic E-state index is -3.30. The average molecular weight is 458 g/mol. The molecule has 0 atom stereocenters. The normalized spacial score (nSPS) is 10.9. The summed E-state index contributed by atoms with van der Waals surface area (Å²) in [5.74, 6) is -0.679. The molecule has 0 aliphatic carbocycles. The third-order valence-electron chi connectivity index (χ3n) is 4.28. The van der Waals surface area contributed by atoms with Crippen molar-refractivity contribution in [3.05, 3.63) is 83.4 Å². The minimum absolute atomic E-state index is 0.0843. The van der Waals surface area contributed by atoms with Gasteiger partial charge in [-0.1, -0.05) is 23.7 Å². The summed E-state index contributed by atoms with van der Waals surface area (Å²) in [4.78, 5) is 25.1. The van der Waals surface area contributed by atoms with Gasteiger partial charge in [0.2, 0.25) is 5.91 Å². The number of sulfone groups is 1. The Morgan fingerprint density at radius 2 is 1.42 bits per heavy atom. The number of anilines is 3. The Balaban J connectivity index is 1.62. The van der Waals surface area contributed by atoms with Crippen LogP contribution in [0.2, 0.25) is 5.02 Å². The van der Waals surface area contributed by atoms with Crippen LogP contribution >= 0.6 is 11.6 Å². The number of hydrogen-bond acceptors (Lipinski definition) is 5. The number of carbonyl (C=O) groups is 2. The standard InChI is InChI=1S/C22H20ClN3O4S/c1-31(29,30)18-12-10-16(11-13-18)25-21(27)14-24-20-5-3-2-4-19(20)22(28)26-17-8-6-15(23)7-9-17/h2-13,24H,14H2,1H3,(H,25,27)(H,26,28). The first kappa shape index (κ1) is 22.3. The van der Waals surface area contributed by atoms with Crippen molar-refractivity contribution in [2.24, 2.45) is 0 Å². The number of carbonyl (C=O) groups excluding carboxylic acids is 2. The summed E-state index contributed by atoms with van der Waals surface area (Å²) in [5.41, 5.74) is 1.94. The molecule has 0 aliphatic rings. The van der Waals surface area contributed by atoms with Gasteiger partial charge in [-0.15, -0.1) is 0 Å². The molecule has 0 bridgehead atoms. The lowest BCUT2D eigenvalue weighted by Gasteiger charge is -2.13. The molecule has 31 heavy (non-hydrogen) atoms. The summed E-state index contributed by atoms with van der Waals surface area (Å²) in [7, 11) is -3.30. The number of nitrogens with one attached hydrogen (secondary N) is 3. The molecule has 0 saturated heterocycles. The SMILES string of the molecule is CS(=O)(=O)c1ccc(NC(=O)CNc2ccccc2C(=O)Nc2ccc(Cl)cc2)cc1. The Morgan fingerprint density at radius 1 is 0.839 bits per heavy atom. The number of hydrogen-bond donors (Lipinski definition) is 3. The van der Waals surface area contributed by atoms with Crippen LogP contribution < -0.4 is 16.0 Å². The monoisotopic (exact) mass is 457 g/mol. The van der Waals surface area contributed by atoms with Crippen LogP contribution in [0.5, 0.6) is 0 Å². The van der Waals surface area contributed by atoms with Gasteiger partial charge >= 0.3 is 0 Å². The first-order valence-electron chi connectivity index (χ1n) is 9.22. The van der Waals surface area contributed by atoms with Crippen molar-refractivity contribution >= 4 is 50.3 Å². The van der Waals surface area contributed by atoms with Gasteiger partial charge in [0, 0.05) is 28.3 Å². The summed E-state index contributed by atoms with van der Waals surface area (Å²) in [6.45, 7) is -0.0843. The quantitative estimate of drug-likeness (QED) is 0.496. The van der Waals surface area contributed by atoms with Crippen LogP contribution in [0, 0.1) is 0 Å². The Morgan fingerprint density at radius 3 is 2.06 bits per heavy atom. The van der Waals surface area contributed by atoms with Gasteiger partial charge in [0.15, 0.2) is 9.84 Å². The van der Waals surface area contributed by atoms with Crippen LogP contribution in [-0.2, 0) is 14.6 Å². The summed E-state index contributed by atoms with van der Waals surface area (Å²) in [6, 6.07) is 19.4. The fourth-order valence-electron chi connectivity index (χ4n) is 2.73. The fourth-order valence-corrected chi connectivity index (χ4v) is 3.49. The molecular weight excluding hydrogens is 438 g/mol.